The van der Waals surface area contributed by atoms with Crippen LogP contribution in [0.4, 0.5) is 4.79 Å². The summed E-state index contributed by atoms with van der Waals surface area (Å²) in [5, 5.41) is 18.4. The molecule has 2 amide bonds. The van der Waals surface area contributed by atoms with Gasteiger partial charge in [-0.25, -0.2) is 4.79 Å². The third-order valence-corrected chi connectivity index (χ3v) is 4.69. The van der Waals surface area contributed by atoms with E-state index in [0.717, 1.165) is 12.8 Å². The van der Waals surface area contributed by atoms with Crippen LogP contribution in [-0.2, 0) is 9.53 Å². The fraction of sp³-hybridized carbons (Fsp3) is 0.846. The Labute approximate surface area is 117 Å². The highest BCUT2D eigenvalue weighted by Gasteiger charge is 2.52. The molecule has 112 valence electrons. The van der Waals surface area contributed by atoms with Crippen LogP contribution in [0.5, 0.6) is 0 Å². The number of morpholine rings is 1. The van der Waals surface area contributed by atoms with E-state index < -0.39 is 11.9 Å². The number of aliphatic carboxylic acids is 1. The lowest BCUT2D eigenvalue weighted by atomic mass is 9.89. The molecule has 3 saturated heterocycles. The number of nitrogens with zero attached hydrogens (tertiary/aromatic N) is 2. The highest BCUT2D eigenvalue weighted by atomic mass is 16.5. The maximum Gasteiger partial charge on any atom is 0.320 e. The number of ether oxygens (including phenoxy) is 1. The lowest BCUT2D eigenvalue weighted by Crippen LogP contribution is -2.53. The van der Waals surface area contributed by atoms with E-state index in [1.54, 1.807) is 9.80 Å². The number of hydrogen-bond acceptors (Lipinski definition) is 4. The topological polar surface area (TPSA) is 90.3 Å². The summed E-state index contributed by atoms with van der Waals surface area (Å²) in [7, 11) is 0. The van der Waals surface area contributed by atoms with Crippen molar-refractivity contribution in [1.82, 2.24) is 9.80 Å². The molecule has 0 spiro atoms. The Morgan fingerprint density at radius 3 is 2.75 bits per heavy atom. The van der Waals surface area contributed by atoms with Crippen molar-refractivity contribution < 1.29 is 24.5 Å². The minimum atomic E-state index is -0.801. The Balaban J connectivity index is 1.70. The summed E-state index contributed by atoms with van der Waals surface area (Å²) >= 11 is 0. The molecule has 3 aliphatic rings. The Morgan fingerprint density at radius 1 is 1.30 bits per heavy atom. The first kappa shape index (κ1) is 13.6. The van der Waals surface area contributed by atoms with Crippen molar-refractivity contribution in [3.63, 3.8) is 0 Å². The summed E-state index contributed by atoms with van der Waals surface area (Å²) in [6, 6.07) is -0.201. The van der Waals surface area contributed by atoms with E-state index in [1.165, 1.54) is 0 Å². The largest absolute Gasteiger partial charge is 0.481 e. The Bertz CT molecular complexity index is 416. The fourth-order valence-electron chi connectivity index (χ4n) is 3.72. The van der Waals surface area contributed by atoms with Crippen LogP contribution in [0.3, 0.4) is 0 Å². The van der Waals surface area contributed by atoms with Gasteiger partial charge < -0.3 is 24.7 Å². The maximum absolute atomic E-state index is 12.6. The van der Waals surface area contributed by atoms with Crippen molar-refractivity contribution >= 4 is 12.0 Å². The number of amides is 2. The number of rotatable bonds is 2. The molecule has 20 heavy (non-hydrogen) atoms. The quantitative estimate of drug-likeness (QED) is 0.729. The zero-order valence-electron chi connectivity index (χ0n) is 11.3. The van der Waals surface area contributed by atoms with Gasteiger partial charge in [0.15, 0.2) is 0 Å². The van der Waals surface area contributed by atoms with Crippen LogP contribution < -0.4 is 0 Å². The van der Waals surface area contributed by atoms with E-state index in [9.17, 15) is 14.7 Å². The van der Waals surface area contributed by atoms with Crippen molar-refractivity contribution in [3.05, 3.63) is 0 Å². The predicted molar refractivity (Wildman–Crippen MR) is 68.2 cm³/mol. The molecule has 7 nitrogen and oxygen atoms in total. The van der Waals surface area contributed by atoms with E-state index in [2.05, 4.69) is 0 Å². The van der Waals surface area contributed by atoms with Gasteiger partial charge in [-0.1, -0.05) is 0 Å². The van der Waals surface area contributed by atoms with Crippen LogP contribution >= 0.6 is 0 Å². The number of carboxylic acid groups (broad SMARTS) is 1. The molecule has 2 N–H and O–H groups in total. The van der Waals surface area contributed by atoms with Gasteiger partial charge in [0.2, 0.25) is 0 Å². The van der Waals surface area contributed by atoms with Crippen molar-refractivity contribution in [2.24, 2.45) is 5.92 Å². The first-order valence-corrected chi connectivity index (χ1v) is 7.14. The molecule has 0 aromatic carbocycles. The number of fused-ring (bicyclic) bond motifs is 2. The van der Waals surface area contributed by atoms with Crippen molar-refractivity contribution in [3.8, 4) is 0 Å². The van der Waals surface area contributed by atoms with Gasteiger partial charge in [0.25, 0.3) is 0 Å². The van der Waals surface area contributed by atoms with Gasteiger partial charge in [0.1, 0.15) is 0 Å². The van der Waals surface area contributed by atoms with E-state index >= 15 is 0 Å². The number of hydrogen-bond donors (Lipinski definition) is 2. The summed E-state index contributed by atoms with van der Waals surface area (Å²) in [6.45, 7) is 1.20. The minimum Gasteiger partial charge on any atom is -0.481 e. The summed E-state index contributed by atoms with van der Waals surface area (Å²) in [5.74, 6) is -1.22. The smallest absolute Gasteiger partial charge is 0.320 e. The Kier molecular flexibility index (Phi) is 3.55. The number of urea groups is 1. The monoisotopic (exact) mass is 284 g/mol. The second-order valence-electron chi connectivity index (χ2n) is 5.79. The van der Waals surface area contributed by atoms with E-state index in [-0.39, 0.29) is 30.8 Å². The lowest BCUT2D eigenvalue weighted by Gasteiger charge is -2.36. The molecular formula is C13H20N2O5. The van der Waals surface area contributed by atoms with Crippen LogP contribution in [0.1, 0.15) is 19.3 Å². The fourth-order valence-corrected chi connectivity index (χ4v) is 3.72. The lowest BCUT2D eigenvalue weighted by molar-refractivity contribution is -0.142. The van der Waals surface area contributed by atoms with E-state index in [0.29, 0.717) is 26.1 Å². The average Bonchev–Trinajstić information content (AvgIpc) is 3.04. The molecule has 4 unspecified atom stereocenters. The van der Waals surface area contributed by atoms with Gasteiger partial charge in [-0.2, -0.15) is 0 Å². The molecule has 0 aromatic rings. The van der Waals surface area contributed by atoms with Crippen LogP contribution in [0, 0.1) is 5.92 Å². The molecule has 7 heteroatoms. The molecule has 4 atom stereocenters. The third-order valence-electron chi connectivity index (χ3n) is 4.69. The molecule has 0 radical (unpaired) electrons. The number of aliphatic hydroxyl groups excluding tert-OH is 1. The zero-order valence-corrected chi connectivity index (χ0v) is 11.3. The van der Waals surface area contributed by atoms with Crippen LogP contribution in [0.2, 0.25) is 0 Å². The number of carboxylic acids is 1. The van der Waals surface area contributed by atoms with Gasteiger partial charge in [-0.05, 0) is 19.3 Å². The number of carbonyl (C=O) groups is 2. The minimum absolute atomic E-state index is 0.0593. The SMILES string of the molecule is O=C(O)C1CC2CCC1N2C(=O)N1CCOC(CO)C1. The summed E-state index contributed by atoms with van der Waals surface area (Å²) in [6.07, 6.45) is 1.91. The van der Waals surface area contributed by atoms with E-state index in [1.807, 2.05) is 0 Å². The molecular weight excluding hydrogens is 264 g/mol. The molecule has 0 aliphatic carbocycles. The van der Waals surface area contributed by atoms with Crippen LogP contribution in [-0.4, -0.2) is 76.5 Å². The van der Waals surface area contributed by atoms with Gasteiger partial charge in [-0.3, -0.25) is 4.79 Å². The second-order valence-corrected chi connectivity index (χ2v) is 5.79. The predicted octanol–water partition coefficient (Wildman–Crippen LogP) is -0.263. The summed E-state index contributed by atoms with van der Waals surface area (Å²) < 4.78 is 5.34. The van der Waals surface area contributed by atoms with Gasteiger partial charge in [-0.15, -0.1) is 0 Å². The maximum atomic E-state index is 12.6. The van der Waals surface area contributed by atoms with Crippen molar-refractivity contribution in [1.29, 1.82) is 0 Å². The zero-order chi connectivity index (χ0) is 14.3. The van der Waals surface area contributed by atoms with Gasteiger partial charge in [0, 0.05) is 18.6 Å². The van der Waals surface area contributed by atoms with Crippen LogP contribution in [0.25, 0.3) is 0 Å². The first-order valence-electron chi connectivity index (χ1n) is 7.14. The number of aliphatic hydroxyl groups is 1. The molecule has 3 heterocycles. The summed E-state index contributed by atoms with van der Waals surface area (Å²) in [4.78, 5) is 27.3. The molecule has 0 aromatic heterocycles. The van der Waals surface area contributed by atoms with Crippen molar-refractivity contribution in [2.45, 2.75) is 37.5 Å². The molecule has 3 fully saturated rings. The van der Waals surface area contributed by atoms with E-state index in [4.69, 9.17) is 9.84 Å². The summed E-state index contributed by atoms with van der Waals surface area (Å²) in [5.41, 5.74) is 0. The Morgan fingerprint density at radius 2 is 2.10 bits per heavy atom. The normalized spacial score (nSPS) is 36.5. The highest BCUT2D eigenvalue weighted by molar-refractivity contribution is 5.79. The third kappa shape index (κ3) is 2.14. The molecule has 0 saturated carbocycles. The molecule has 2 bridgehead atoms. The first-order chi connectivity index (χ1) is 9.61. The van der Waals surface area contributed by atoms with Gasteiger partial charge >= 0.3 is 12.0 Å². The standard InChI is InChI=1S/C13H20N2O5/c16-7-9-6-14(3-4-20-9)13(19)15-8-1-2-11(15)10(5-8)12(17)18/h8-11,16H,1-7H2,(H,17,18). The van der Waals surface area contributed by atoms with Crippen LogP contribution in [0.15, 0.2) is 0 Å². The average molecular weight is 284 g/mol. The highest BCUT2D eigenvalue weighted by Crippen LogP contribution is 2.42. The van der Waals surface area contributed by atoms with Gasteiger partial charge in [0.05, 0.1) is 31.8 Å². The Hall–Kier alpha value is -1.34. The molecule has 3 aliphatic heterocycles. The second kappa shape index (κ2) is 5.21. The number of carbonyl (C=O) groups excluding carboxylic acids is 1. The molecule has 3 rings (SSSR count). The van der Waals surface area contributed by atoms with Crippen molar-refractivity contribution in [2.75, 3.05) is 26.3 Å².